The highest BCUT2D eigenvalue weighted by atomic mass is 35.5. The summed E-state index contributed by atoms with van der Waals surface area (Å²) in [6, 6.07) is 1.22. The lowest BCUT2D eigenvalue weighted by molar-refractivity contribution is -0.384. The first-order valence-electron chi connectivity index (χ1n) is 5.11. The molecule has 100 valence electrons. The lowest BCUT2D eigenvalue weighted by atomic mass is 10.1. The fraction of sp³-hybridized carbons (Fsp3) is 0.500. The monoisotopic (exact) mass is 291 g/mol. The summed E-state index contributed by atoms with van der Waals surface area (Å²) in [5.41, 5.74) is -1.17. The molecule has 0 fully saturated rings. The highest BCUT2D eigenvalue weighted by Gasteiger charge is 2.22. The van der Waals surface area contributed by atoms with Gasteiger partial charge in [-0.2, -0.15) is 11.8 Å². The van der Waals surface area contributed by atoms with Crippen LogP contribution in [0.2, 0.25) is 5.02 Å². The van der Waals surface area contributed by atoms with E-state index in [0.29, 0.717) is 5.75 Å². The smallest absolute Gasteiger partial charge is 0.312 e. The second-order valence-corrected chi connectivity index (χ2v) is 5.36. The summed E-state index contributed by atoms with van der Waals surface area (Å²) in [6.07, 6.45) is 3.19. The predicted octanol–water partition coefficient (Wildman–Crippen LogP) is 2.17. The van der Waals surface area contributed by atoms with Crippen molar-refractivity contribution in [1.82, 2.24) is 4.98 Å². The van der Waals surface area contributed by atoms with Crippen molar-refractivity contribution in [3.8, 4) is 0 Å². The number of thioether (sulfide) groups is 1. The van der Waals surface area contributed by atoms with E-state index in [-0.39, 0.29) is 23.1 Å². The Morgan fingerprint density at radius 1 is 1.72 bits per heavy atom. The topological polar surface area (TPSA) is 88.3 Å². The van der Waals surface area contributed by atoms with Gasteiger partial charge in [-0.05, 0) is 13.2 Å². The number of nitrogens with zero attached hydrogens (tertiary/aromatic N) is 2. The van der Waals surface area contributed by atoms with Crippen LogP contribution in [0.4, 0.5) is 11.5 Å². The van der Waals surface area contributed by atoms with E-state index in [1.165, 1.54) is 24.0 Å². The quantitative estimate of drug-likeness (QED) is 0.617. The van der Waals surface area contributed by atoms with Crippen LogP contribution in [0, 0.1) is 10.1 Å². The molecule has 1 unspecified atom stereocenters. The number of rotatable bonds is 6. The number of pyridine rings is 1. The van der Waals surface area contributed by atoms with Gasteiger partial charge < -0.3 is 10.4 Å². The van der Waals surface area contributed by atoms with Gasteiger partial charge >= 0.3 is 5.69 Å². The Balaban J connectivity index is 2.82. The standard InChI is InChI=1S/C10H14ClN3O3S/c1-10(15,6-18-2)5-13-9-8(14(16)17)3-7(11)4-12-9/h3-4,15H,5-6H2,1-2H3,(H,12,13). The summed E-state index contributed by atoms with van der Waals surface area (Å²) < 4.78 is 0. The van der Waals surface area contributed by atoms with E-state index in [1.54, 1.807) is 6.92 Å². The van der Waals surface area contributed by atoms with Crippen molar-refractivity contribution in [1.29, 1.82) is 0 Å². The first-order chi connectivity index (χ1) is 8.35. The molecule has 1 aromatic heterocycles. The maximum atomic E-state index is 10.8. The van der Waals surface area contributed by atoms with E-state index >= 15 is 0 Å². The molecule has 1 rings (SSSR count). The highest BCUT2D eigenvalue weighted by molar-refractivity contribution is 7.98. The molecule has 1 atom stereocenters. The lowest BCUT2D eigenvalue weighted by Crippen LogP contribution is -2.36. The molecule has 0 aliphatic heterocycles. The van der Waals surface area contributed by atoms with E-state index in [2.05, 4.69) is 10.3 Å². The van der Waals surface area contributed by atoms with Crippen LogP contribution in [-0.2, 0) is 0 Å². The Morgan fingerprint density at radius 3 is 2.94 bits per heavy atom. The third kappa shape index (κ3) is 4.32. The van der Waals surface area contributed by atoms with Crippen LogP contribution in [0.15, 0.2) is 12.3 Å². The van der Waals surface area contributed by atoms with Crippen LogP contribution in [0.5, 0.6) is 0 Å². The van der Waals surface area contributed by atoms with Gasteiger partial charge in [0.05, 0.1) is 15.5 Å². The second-order valence-electron chi connectivity index (χ2n) is 4.06. The molecule has 0 aromatic carbocycles. The maximum absolute atomic E-state index is 10.8. The van der Waals surface area contributed by atoms with E-state index in [4.69, 9.17) is 11.6 Å². The third-order valence-electron chi connectivity index (χ3n) is 2.12. The Kier molecular flexibility index (Phi) is 5.18. The summed E-state index contributed by atoms with van der Waals surface area (Å²) in [5, 5.41) is 23.7. The first kappa shape index (κ1) is 15.0. The van der Waals surface area contributed by atoms with Gasteiger partial charge in [0, 0.05) is 24.6 Å². The molecule has 1 aromatic rings. The summed E-state index contributed by atoms with van der Waals surface area (Å²) in [5.74, 6) is 0.618. The van der Waals surface area contributed by atoms with Crippen molar-refractivity contribution < 1.29 is 10.0 Å². The average molecular weight is 292 g/mol. The number of anilines is 1. The molecule has 0 bridgehead atoms. The van der Waals surface area contributed by atoms with Crippen molar-refractivity contribution in [2.24, 2.45) is 0 Å². The van der Waals surface area contributed by atoms with Gasteiger partial charge in [0.1, 0.15) is 0 Å². The van der Waals surface area contributed by atoms with Crippen molar-refractivity contribution in [3.63, 3.8) is 0 Å². The summed E-state index contributed by atoms with van der Waals surface area (Å²) in [7, 11) is 0. The second kappa shape index (κ2) is 6.21. The Hall–Kier alpha value is -1.05. The molecule has 18 heavy (non-hydrogen) atoms. The van der Waals surface area contributed by atoms with E-state index in [0.717, 1.165) is 0 Å². The molecule has 0 saturated heterocycles. The van der Waals surface area contributed by atoms with Gasteiger partial charge in [0.15, 0.2) is 0 Å². The minimum absolute atomic E-state index is 0.103. The molecule has 0 aliphatic carbocycles. The third-order valence-corrected chi connectivity index (χ3v) is 3.24. The number of nitrogens with one attached hydrogen (secondary N) is 1. The molecule has 0 saturated carbocycles. The zero-order valence-electron chi connectivity index (χ0n) is 10.0. The van der Waals surface area contributed by atoms with Crippen LogP contribution in [-0.4, -0.2) is 39.2 Å². The number of aromatic nitrogens is 1. The fourth-order valence-corrected chi connectivity index (χ4v) is 2.22. The fourth-order valence-electron chi connectivity index (χ4n) is 1.34. The molecule has 0 amide bonds. The summed E-state index contributed by atoms with van der Waals surface area (Å²) >= 11 is 7.14. The number of hydrogen-bond donors (Lipinski definition) is 2. The zero-order valence-corrected chi connectivity index (χ0v) is 11.6. The molecule has 2 N–H and O–H groups in total. The number of nitro groups is 1. The summed E-state index contributed by atoms with van der Waals surface area (Å²) in [4.78, 5) is 14.1. The Bertz CT molecular complexity index is 442. The predicted molar refractivity (Wildman–Crippen MR) is 73.4 cm³/mol. The SMILES string of the molecule is CSCC(C)(O)CNc1ncc(Cl)cc1[N+](=O)[O-]. The number of aliphatic hydroxyl groups is 1. The van der Waals surface area contributed by atoms with Gasteiger partial charge in [-0.15, -0.1) is 0 Å². The van der Waals surface area contributed by atoms with Gasteiger partial charge in [-0.25, -0.2) is 4.98 Å². The minimum Gasteiger partial charge on any atom is -0.387 e. The Morgan fingerprint density at radius 2 is 2.39 bits per heavy atom. The molecular formula is C10H14ClN3O3S. The normalized spacial score (nSPS) is 14.0. The van der Waals surface area contributed by atoms with Crippen LogP contribution in [0.3, 0.4) is 0 Å². The molecule has 0 aliphatic rings. The molecular weight excluding hydrogens is 278 g/mol. The van der Waals surface area contributed by atoms with Gasteiger partial charge in [0.25, 0.3) is 0 Å². The largest absolute Gasteiger partial charge is 0.387 e. The van der Waals surface area contributed by atoms with E-state index in [9.17, 15) is 15.2 Å². The van der Waals surface area contributed by atoms with Crippen LogP contribution in [0.1, 0.15) is 6.92 Å². The van der Waals surface area contributed by atoms with Crippen LogP contribution in [0.25, 0.3) is 0 Å². The van der Waals surface area contributed by atoms with Crippen molar-refractivity contribution in [2.45, 2.75) is 12.5 Å². The van der Waals surface area contributed by atoms with Crippen LogP contribution >= 0.6 is 23.4 Å². The van der Waals surface area contributed by atoms with Crippen molar-refractivity contribution in [2.75, 3.05) is 23.9 Å². The van der Waals surface area contributed by atoms with E-state index in [1.807, 2.05) is 6.26 Å². The Labute approximate surface area is 114 Å². The van der Waals surface area contributed by atoms with E-state index < -0.39 is 10.5 Å². The van der Waals surface area contributed by atoms with Crippen molar-refractivity contribution in [3.05, 3.63) is 27.4 Å². The molecule has 8 heteroatoms. The van der Waals surface area contributed by atoms with Gasteiger partial charge in [-0.1, -0.05) is 11.6 Å². The lowest BCUT2D eigenvalue weighted by Gasteiger charge is -2.22. The minimum atomic E-state index is -0.964. The van der Waals surface area contributed by atoms with Crippen molar-refractivity contribution >= 4 is 34.9 Å². The number of hydrogen-bond acceptors (Lipinski definition) is 6. The highest BCUT2D eigenvalue weighted by Crippen LogP contribution is 2.25. The molecule has 0 spiro atoms. The number of halogens is 1. The molecule has 6 nitrogen and oxygen atoms in total. The maximum Gasteiger partial charge on any atom is 0.312 e. The zero-order chi connectivity index (χ0) is 13.8. The molecule has 1 heterocycles. The van der Waals surface area contributed by atoms with Gasteiger partial charge in [0.2, 0.25) is 5.82 Å². The summed E-state index contributed by atoms with van der Waals surface area (Å²) in [6.45, 7) is 1.82. The van der Waals surface area contributed by atoms with Gasteiger partial charge in [-0.3, -0.25) is 10.1 Å². The van der Waals surface area contributed by atoms with Crippen LogP contribution < -0.4 is 5.32 Å². The molecule has 0 radical (unpaired) electrons. The first-order valence-corrected chi connectivity index (χ1v) is 6.88. The average Bonchev–Trinajstić information content (AvgIpc) is 2.27.